The van der Waals surface area contributed by atoms with Crippen molar-refractivity contribution in [1.29, 1.82) is 0 Å². The number of ether oxygens (including phenoxy) is 1. The summed E-state index contributed by atoms with van der Waals surface area (Å²) >= 11 is 0. The van der Waals surface area contributed by atoms with Crippen molar-refractivity contribution in [1.82, 2.24) is 10.6 Å². The Morgan fingerprint density at radius 1 is 1.25 bits per heavy atom. The summed E-state index contributed by atoms with van der Waals surface area (Å²) in [5.74, 6) is -1.84. The number of carboxylic acids is 1. The minimum absolute atomic E-state index is 0.340. The molecule has 0 fully saturated rings. The Hall–Kier alpha value is -2.57. The van der Waals surface area contributed by atoms with Crippen LogP contribution in [0.5, 0.6) is 0 Å². The molecular weight excluding hydrogens is 264 g/mol. The van der Waals surface area contributed by atoms with E-state index < -0.39 is 23.5 Å². The number of nitrogens with one attached hydrogen (secondary N) is 2. The Kier molecular flexibility index (Phi) is 5.08. The zero-order chi connectivity index (χ0) is 15.2. The molecule has 0 aliphatic rings. The molecule has 0 bridgehead atoms. The van der Waals surface area contributed by atoms with Crippen LogP contribution in [-0.2, 0) is 19.9 Å². The lowest BCUT2D eigenvalue weighted by molar-refractivity contribution is -0.144. The zero-order valence-electron chi connectivity index (χ0n) is 11.2. The van der Waals surface area contributed by atoms with Gasteiger partial charge in [-0.25, -0.2) is 9.59 Å². The van der Waals surface area contributed by atoms with E-state index in [4.69, 9.17) is 0 Å². The zero-order valence-corrected chi connectivity index (χ0v) is 11.2. The lowest BCUT2D eigenvalue weighted by Gasteiger charge is -2.26. The molecule has 1 rings (SSSR count). The van der Waals surface area contributed by atoms with Crippen LogP contribution < -0.4 is 10.6 Å². The topological polar surface area (TPSA) is 105 Å². The van der Waals surface area contributed by atoms with E-state index in [9.17, 15) is 19.5 Å². The lowest BCUT2D eigenvalue weighted by Crippen LogP contribution is -2.53. The summed E-state index contributed by atoms with van der Waals surface area (Å²) in [6, 6.07) is 7.49. The first kappa shape index (κ1) is 15.5. The summed E-state index contributed by atoms with van der Waals surface area (Å²) in [6.45, 7) is 1.02. The summed E-state index contributed by atoms with van der Waals surface area (Å²) in [4.78, 5) is 34.0. The van der Waals surface area contributed by atoms with E-state index >= 15 is 0 Å². The summed E-state index contributed by atoms with van der Waals surface area (Å²) < 4.78 is 4.37. The molecule has 108 valence electrons. The second kappa shape index (κ2) is 6.55. The van der Waals surface area contributed by atoms with Gasteiger partial charge < -0.3 is 20.5 Å². The van der Waals surface area contributed by atoms with E-state index in [0.717, 1.165) is 0 Å². The number of carboxylic acid groups (broad SMARTS) is 1. The number of benzene rings is 1. The maximum Gasteiger partial charge on any atom is 0.333 e. The van der Waals surface area contributed by atoms with Gasteiger partial charge in [-0.15, -0.1) is 0 Å². The average molecular weight is 280 g/mol. The second-order valence-electron chi connectivity index (χ2n) is 4.18. The molecule has 7 nitrogen and oxygen atoms in total. The molecule has 1 atom stereocenters. The van der Waals surface area contributed by atoms with E-state index in [1.165, 1.54) is 14.0 Å². The SMILES string of the molecule is COC(=O)CNC(=O)NC(C)(C(=O)O)c1ccccc1. The summed E-state index contributed by atoms with van der Waals surface area (Å²) in [6.07, 6.45) is 0. The third kappa shape index (κ3) is 3.71. The standard InChI is InChI=1S/C13H16N2O5/c1-13(11(17)18,9-6-4-3-5-7-9)15-12(19)14-8-10(16)20-2/h3-7H,8H2,1-2H3,(H,17,18)(H2,14,15,19). The Morgan fingerprint density at radius 2 is 1.85 bits per heavy atom. The highest BCUT2D eigenvalue weighted by molar-refractivity contribution is 5.88. The number of hydrogen-bond donors (Lipinski definition) is 3. The van der Waals surface area contributed by atoms with Gasteiger partial charge >= 0.3 is 18.0 Å². The number of amides is 2. The van der Waals surface area contributed by atoms with Crippen molar-refractivity contribution in [3.8, 4) is 0 Å². The molecule has 0 heterocycles. The molecule has 0 aliphatic carbocycles. The number of hydrogen-bond acceptors (Lipinski definition) is 4. The first-order valence-electron chi connectivity index (χ1n) is 5.82. The molecule has 0 saturated heterocycles. The average Bonchev–Trinajstić information content (AvgIpc) is 2.45. The van der Waals surface area contributed by atoms with Gasteiger partial charge in [0.1, 0.15) is 6.54 Å². The van der Waals surface area contributed by atoms with Gasteiger partial charge in [-0.3, -0.25) is 4.79 Å². The molecular formula is C13H16N2O5. The van der Waals surface area contributed by atoms with Crippen LogP contribution in [0.25, 0.3) is 0 Å². The molecule has 0 radical (unpaired) electrons. The Morgan fingerprint density at radius 3 is 2.35 bits per heavy atom. The number of rotatable bonds is 5. The maximum absolute atomic E-state index is 11.7. The fourth-order valence-electron chi connectivity index (χ4n) is 1.52. The molecule has 1 aromatic carbocycles. The highest BCUT2D eigenvalue weighted by Crippen LogP contribution is 2.20. The molecule has 0 aliphatic heterocycles. The molecule has 0 aromatic heterocycles. The van der Waals surface area contributed by atoms with Gasteiger partial charge in [0, 0.05) is 0 Å². The highest BCUT2D eigenvalue weighted by atomic mass is 16.5. The van der Waals surface area contributed by atoms with Gasteiger partial charge in [0.2, 0.25) is 0 Å². The normalized spacial score (nSPS) is 12.9. The van der Waals surface area contributed by atoms with E-state index in [0.29, 0.717) is 5.56 Å². The summed E-state index contributed by atoms with van der Waals surface area (Å²) in [5, 5.41) is 13.9. The van der Waals surface area contributed by atoms with Crippen LogP contribution in [0.4, 0.5) is 4.79 Å². The van der Waals surface area contributed by atoms with E-state index in [-0.39, 0.29) is 6.54 Å². The Labute approximate surface area is 115 Å². The molecule has 3 N–H and O–H groups in total. The van der Waals surface area contributed by atoms with Crippen LogP contribution in [0.3, 0.4) is 0 Å². The molecule has 0 spiro atoms. The minimum atomic E-state index is -1.60. The Balaban J connectivity index is 2.81. The maximum atomic E-state index is 11.7. The predicted molar refractivity (Wildman–Crippen MR) is 70.0 cm³/mol. The summed E-state index contributed by atoms with van der Waals surface area (Å²) in [5.41, 5.74) is -1.18. The first-order chi connectivity index (χ1) is 9.40. The third-order valence-corrected chi connectivity index (χ3v) is 2.76. The van der Waals surface area contributed by atoms with Gasteiger partial charge in [0.25, 0.3) is 0 Å². The third-order valence-electron chi connectivity index (χ3n) is 2.76. The van der Waals surface area contributed by atoms with Crippen LogP contribution >= 0.6 is 0 Å². The number of urea groups is 1. The fraction of sp³-hybridized carbons (Fsp3) is 0.308. The van der Waals surface area contributed by atoms with Gasteiger partial charge in [0.05, 0.1) is 7.11 Å². The largest absolute Gasteiger partial charge is 0.479 e. The van der Waals surface area contributed by atoms with Crippen molar-refractivity contribution in [3.05, 3.63) is 35.9 Å². The van der Waals surface area contributed by atoms with Gasteiger partial charge in [0.15, 0.2) is 5.54 Å². The summed E-state index contributed by atoms with van der Waals surface area (Å²) in [7, 11) is 1.19. The van der Waals surface area contributed by atoms with Crippen LogP contribution in [0.15, 0.2) is 30.3 Å². The molecule has 20 heavy (non-hydrogen) atoms. The van der Waals surface area contributed by atoms with Crippen molar-refractivity contribution in [2.45, 2.75) is 12.5 Å². The van der Waals surface area contributed by atoms with Gasteiger partial charge in [-0.05, 0) is 12.5 Å². The van der Waals surface area contributed by atoms with Crippen molar-refractivity contribution in [2.24, 2.45) is 0 Å². The smallest absolute Gasteiger partial charge is 0.333 e. The highest BCUT2D eigenvalue weighted by Gasteiger charge is 2.36. The molecule has 0 saturated carbocycles. The van der Waals surface area contributed by atoms with Crippen LogP contribution in [0.1, 0.15) is 12.5 Å². The van der Waals surface area contributed by atoms with E-state index in [1.54, 1.807) is 30.3 Å². The second-order valence-corrected chi connectivity index (χ2v) is 4.18. The van der Waals surface area contributed by atoms with Gasteiger partial charge in [-0.2, -0.15) is 0 Å². The number of carbonyl (C=O) groups is 3. The van der Waals surface area contributed by atoms with Gasteiger partial charge in [-0.1, -0.05) is 30.3 Å². The fourth-order valence-corrected chi connectivity index (χ4v) is 1.52. The number of esters is 1. The van der Waals surface area contributed by atoms with Crippen LogP contribution in [0, 0.1) is 0 Å². The van der Waals surface area contributed by atoms with Crippen molar-refractivity contribution in [2.75, 3.05) is 13.7 Å². The minimum Gasteiger partial charge on any atom is -0.479 e. The van der Waals surface area contributed by atoms with Crippen LogP contribution in [0.2, 0.25) is 0 Å². The van der Waals surface area contributed by atoms with Crippen molar-refractivity contribution >= 4 is 18.0 Å². The molecule has 1 unspecified atom stereocenters. The number of methoxy groups -OCH3 is 1. The first-order valence-corrected chi connectivity index (χ1v) is 5.82. The lowest BCUT2D eigenvalue weighted by atomic mass is 9.92. The van der Waals surface area contributed by atoms with Crippen molar-refractivity contribution in [3.63, 3.8) is 0 Å². The monoisotopic (exact) mass is 280 g/mol. The number of aliphatic carboxylic acids is 1. The predicted octanol–water partition coefficient (Wildman–Crippen LogP) is 0.459. The van der Waals surface area contributed by atoms with E-state index in [1.807, 2.05) is 0 Å². The molecule has 1 aromatic rings. The number of carbonyl (C=O) groups excluding carboxylic acids is 2. The van der Waals surface area contributed by atoms with Crippen LogP contribution in [-0.4, -0.2) is 36.7 Å². The molecule has 2 amide bonds. The van der Waals surface area contributed by atoms with E-state index in [2.05, 4.69) is 15.4 Å². The quantitative estimate of drug-likeness (QED) is 0.680. The Bertz CT molecular complexity index is 503. The van der Waals surface area contributed by atoms with Crippen molar-refractivity contribution < 1.29 is 24.2 Å². The molecule has 7 heteroatoms.